The molecular formula is C10H21F. The molecule has 0 N–H and O–H groups in total. The van der Waals surface area contributed by atoms with Crippen LogP contribution in [0.5, 0.6) is 0 Å². The minimum absolute atomic E-state index is 0.160. The van der Waals surface area contributed by atoms with Crippen LogP contribution in [-0.2, 0) is 0 Å². The van der Waals surface area contributed by atoms with Gasteiger partial charge in [-0.2, -0.15) is 0 Å². The standard InChI is InChI=1S/C10H21F/c1-5-9(4)10(6-7-11)8(2)3/h8-10H,5-7H2,1-4H3. The first kappa shape index (κ1) is 10.9. The van der Waals surface area contributed by atoms with Gasteiger partial charge in [-0.15, -0.1) is 0 Å². The molecule has 0 aliphatic rings. The number of hydrogen-bond donors (Lipinski definition) is 0. The van der Waals surface area contributed by atoms with Gasteiger partial charge in [0.2, 0.25) is 0 Å². The van der Waals surface area contributed by atoms with Crippen LogP contribution >= 0.6 is 0 Å². The topological polar surface area (TPSA) is 0 Å². The first-order valence-electron chi connectivity index (χ1n) is 4.69. The zero-order chi connectivity index (χ0) is 8.85. The summed E-state index contributed by atoms with van der Waals surface area (Å²) in [7, 11) is 0. The lowest BCUT2D eigenvalue weighted by Crippen LogP contribution is -2.17. The second-order valence-electron chi connectivity index (χ2n) is 3.77. The molecule has 0 heterocycles. The van der Waals surface area contributed by atoms with Crippen LogP contribution < -0.4 is 0 Å². The van der Waals surface area contributed by atoms with Crippen LogP contribution in [0.2, 0.25) is 0 Å². The van der Waals surface area contributed by atoms with Crippen LogP contribution in [0, 0.1) is 17.8 Å². The molecule has 2 atom stereocenters. The van der Waals surface area contributed by atoms with E-state index in [-0.39, 0.29) is 6.67 Å². The fraction of sp³-hybridized carbons (Fsp3) is 1.00. The molecule has 0 rings (SSSR count). The lowest BCUT2D eigenvalue weighted by Gasteiger charge is -2.25. The summed E-state index contributed by atoms with van der Waals surface area (Å²) in [5, 5.41) is 0. The lowest BCUT2D eigenvalue weighted by atomic mass is 9.81. The van der Waals surface area contributed by atoms with Gasteiger partial charge in [-0.1, -0.05) is 34.1 Å². The molecule has 0 amide bonds. The largest absolute Gasteiger partial charge is 0.251 e. The smallest absolute Gasteiger partial charge is 0.0897 e. The highest BCUT2D eigenvalue weighted by Gasteiger charge is 2.18. The maximum Gasteiger partial charge on any atom is 0.0897 e. The minimum Gasteiger partial charge on any atom is -0.251 e. The second kappa shape index (κ2) is 5.56. The van der Waals surface area contributed by atoms with Crippen LogP contribution in [0.15, 0.2) is 0 Å². The Balaban J connectivity index is 3.87. The molecular weight excluding hydrogens is 139 g/mol. The van der Waals surface area contributed by atoms with Gasteiger partial charge < -0.3 is 0 Å². The van der Waals surface area contributed by atoms with Crippen molar-refractivity contribution in [3.8, 4) is 0 Å². The third-order valence-corrected chi connectivity index (χ3v) is 2.67. The van der Waals surface area contributed by atoms with Crippen molar-refractivity contribution < 1.29 is 4.39 Å². The normalized spacial score (nSPS) is 16.9. The van der Waals surface area contributed by atoms with Gasteiger partial charge in [0.25, 0.3) is 0 Å². The zero-order valence-electron chi connectivity index (χ0n) is 8.23. The first-order valence-corrected chi connectivity index (χ1v) is 4.69. The summed E-state index contributed by atoms with van der Waals surface area (Å²) in [4.78, 5) is 0. The van der Waals surface area contributed by atoms with Crippen molar-refractivity contribution in [2.75, 3.05) is 6.67 Å². The van der Waals surface area contributed by atoms with Crippen LogP contribution in [0.25, 0.3) is 0 Å². The van der Waals surface area contributed by atoms with Crippen molar-refractivity contribution in [2.24, 2.45) is 17.8 Å². The van der Waals surface area contributed by atoms with Crippen molar-refractivity contribution in [3.05, 3.63) is 0 Å². The van der Waals surface area contributed by atoms with E-state index < -0.39 is 0 Å². The van der Waals surface area contributed by atoms with Gasteiger partial charge in [-0.3, -0.25) is 4.39 Å². The maximum absolute atomic E-state index is 12.1. The van der Waals surface area contributed by atoms with Crippen LogP contribution in [0.4, 0.5) is 4.39 Å². The third-order valence-electron chi connectivity index (χ3n) is 2.67. The number of rotatable bonds is 5. The molecule has 0 bridgehead atoms. The Morgan fingerprint density at radius 2 is 1.73 bits per heavy atom. The average Bonchev–Trinajstić information content (AvgIpc) is 1.98. The molecule has 0 saturated heterocycles. The Bertz CT molecular complexity index is 88.9. The molecule has 0 spiro atoms. The summed E-state index contributed by atoms with van der Waals surface area (Å²) in [6.07, 6.45) is 1.91. The van der Waals surface area contributed by atoms with E-state index in [0.29, 0.717) is 17.8 Å². The Morgan fingerprint density at radius 3 is 2.00 bits per heavy atom. The number of alkyl halides is 1. The van der Waals surface area contributed by atoms with Crippen LogP contribution in [-0.4, -0.2) is 6.67 Å². The molecule has 0 aromatic rings. The molecule has 11 heavy (non-hydrogen) atoms. The van der Waals surface area contributed by atoms with Crippen molar-refractivity contribution in [2.45, 2.75) is 40.5 Å². The highest BCUT2D eigenvalue weighted by atomic mass is 19.1. The molecule has 0 fully saturated rings. The van der Waals surface area contributed by atoms with Gasteiger partial charge in [0.05, 0.1) is 6.67 Å². The molecule has 68 valence electrons. The SMILES string of the molecule is CCC(C)C(CCF)C(C)C. The highest BCUT2D eigenvalue weighted by Crippen LogP contribution is 2.26. The van der Waals surface area contributed by atoms with Crippen molar-refractivity contribution in [1.82, 2.24) is 0 Å². The Hall–Kier alpha value is -0.0700. The maximum atomic E-state index is 12.1. The molecule has 0 aliphatic carbocycles. The Morgan fingerprint density at radius 1 is 1.18 bits per heavy atom. The van der Waals surface area contributed by atoms with E-state index in [1.54, 1.807) is 0 Å². The predicted molar refractivity (Wildman–Crippen MR) is 48.4 cm³/mol. The van der Waals surface area contributed by atoms with E-state index in [0.717, 1.165) is 6.42 Å². The van der Waals surface area contributed by atoms with Crippen LogP contribution in [0.1, 0.15) is 40.5 Å². The lowest BCUT2D eigenvalue weighted by molar-refractivity contribution is 0.226. The fourth-order valence-corrected chi connectivity index (χ4v) is 1.70. The monoisotopic (exact) mass is 160 g/mol. The summed E-state index contributed by atoms with van der Waals surface area (Å²) >= 11 is 0. The Labute approximate surface area is 70.2 Å². The highest BCUT2D eigenvalue weighted by molar-refractivity contribution is 4.68. The average molecular weight is 160 g/mol. The van der Waals surface area contributed by atoms with E-state index in [2.05, 4.69) is 27.7 Å². The molecule has 2 unspecified atom stereocenters. The molecule has 1 heteroatoms. The van der Waals surface area contributed by atoms with E-state index >= 15 is 0 Å². The van der Waals surface area contributed by atoms with Gasteiger partial charge in [0.15, 0.2) is 0 Å². The summed E-state index contributed by atoms with van der Waals surface area (Å²) in [6.45, 7) is 8.62. The summed E-state index contributed by atoms with van der Waals surface area (Å²) in [5.41, 5.74) is 0. The van der Waals surface area contributed by atoms with E-state index in [4.69, 9.17) is 0 Å². The minimum atomic E-state index is -0.160. The predicted octanol–water partition coefficient (Wildman–Crippen LogP) is 3.66. The second-order valence-corrected chi connectivity index (χ2v) is 3.77. The molecule has 0 nitrogen and oxygen atoms in total. The van der Waals surface area contributed by atoms with Crippen molar-refractivity contribution in [1.29, 1.82) is 0 Å². The zero-order valence-corrected chi connectivity index (χ0v) is 8.23. The molecule has 0 aromatic carbocycles. The van der Waals surface area contributed by atoms with Gasteiger partial charge in [-0.25, -0.2) is 0 Å². The molecule has 0 aliphatic heterocycles. The van der Waals surface area contributed by atoms with Crippen molar-refractivity contribution in [3.63, 3.8) is 0 Å². The number of halogens is 1. The quantitative estimate of drug-likeness (QED) is 0.575. The van der Waals surface area contributed by atoms with Gasteiger partial charge in [0, 0.05) is 0 Å². The molecule has 0 saturated carbocycles. The van der Waals surface area contributed by atoms with Crippen LogP contribution in [0.3, 0.4) is 0 Å². The van der Waals surface area contributed by atoms with E-state index in [1.165, 1.54) is 6.42 Å². The Kier molecular flexibility index (Phi) is 5.53. The summed E-state index contributed by atoms with van der Waals surface area (Å²) in [5.74, 6) is 1.87. The van der Waals surface area contributed by atoms with Gasteiger partial charge >= 0.3 is 0 Å². The van der Waals surface area contributed by atoms with E-state index in [9.17, 15) is 4.39 Å². The van der Waals surface area contributed by atoms with E-state index in [1.807, 2.05) is 0 Å². The fourth-order valence-electron chi connectivity index (χ4n) is 1.70. The molecule has 0 radical (unpaired) electrons. The third kappa shape index (κ3) is 3.74. The van der Waals surface area contributed by atoms with Gasteiger partial charge in [-0.05, 0) is 24.2 Å². The number of hydrogen-bond acceptors (Lipinski definition) is 0. The summed E-state index contributed by atoms with van der Waals surface area (Å²) < 4.78 is 12.1. The van der Waals surface area contributed by atoms with Crippen molar-refractivity contribution >= 4 is 0 Å². The molecule has 0 aromatic heterocycles. The van der Waals surface area contributed by atoms with Gasteiger partial charge in [0.1, 0.15) is 0 Å². The first-order chi connectivity index (χ1) is 5.13. The summed E-state index contributed by atoms with van der Waals surface area (Å²) in [6, 6.07) is 0.